The highest BCUT2D eigenvalue weighted by molar-refractivity contribution is 7.92. The Balaban J connectivity index is 1.70. The summed E-state index contributed by atoms with van der Waals surface area (Å²) in [7, 11) is -2.26. The second-order valence-corrected chi connectivity index (χ2v) is 10.9. The third-order valence-electron chi connectivity index (χ3n) is 5.76. The highest BCUT2D eigenvalue weighted by atomic mass is 32.2. The zero-order valence-corrected chi connectivity index (χ0v) is 23.1. The first-order chi connectivity index (χ1) is 17.6. The Kier molecular flexibility index (Phi) is 9.71. The number of nitrogens with zero attached hydrogens (tertiary/aromatic N) is 3. The van der Waals surface area contributed by atoms with Crippen LogP contribution < -0.4 is 18.9 Å². The van der Waals surface area contributed by atoms with Crippen LogP contribution in [-0.4, -0.2) is 55.6 Å². The number of aryl methyl sites for hydroxylation is 1. The van der Waals surface area contributed by atoms with Crippen LogP contribution in [0.2, 0.25) is 0 Å². The van der Waals surface area contributed by atoms with Crippen LogP contribution in [0.15, 0.2) is 59.8 Å². The van der Waals surface area contributed by atoms with Crippen LogP contribution >= 0.6 is 0 Å². The zero-order valence-electron chi connectivity index (χ0n) is 22.3. The van der Waals surface area contributed by atoms with Gasteiger partial charge in [0.2, 0.25) is 5.82 Å². The van der Waals surface area contributed by atoms with Crippen LogP contribution in [0.5, 0.6) is 17.4 Å². The summed E-state index contributed by atoms with van der Waals surface area (Å²) in [6.07, 6.45) is 2.84. The van der Waals surface area contributed by atoms with E-state index in [9.17, 15) is 8.42 Å². The maximum atomic E-state index is 12.8. The molecule has 0 aliphatic rings. The molecular formula is C27H36N4O5S. The van der Waals surface area contributed by atoms with Gasteiger partial charge in [-0.25, -0.2) is 18.4 Å². The molecule has 1 heterocycles. The van der Waals surface area contributed by atoms with Crippen molar-refractivity contribution in [2.75, 3.05) is 25.0 Å². The summed E-state index contributed by atoms with van der Waals surface area (Å²) in [5, 5.41) is 0. The number of methoxy groups -OCH3 is 1. The summed E-state index contributed by atoms with van der Waals surface area (Å²) in [6.45, 7) is 12.0. The largest absolute Gasteiger partial charge is 0.493 e. The first-order valence-electron chi connectivity index (χ1n) is 12.2. The van der Waals surface area contributed by atoms with Gasteiger partial charge in [-0.2, -0.15) is 0 Å². The SMILES string of the molecule is COc1ccc(COc2nccnc2NS(=O)(=O)c2ccc(C)cc2)cc1OCCN(C(C)C)C(C)C. The quantitative estimate of drug-likeness (QED) is 0.341. The summed E-state index contributed by atoms with van der Waals surface area (Å²) >= 11 is 0. The number of rotatable bonds is 13. The standard InChI is InChI=1S/C27H36N4O5S/c1-19(2)31(20(3)4)15-16-35-25-17-22(9-12-24(25)34-6)18-36-27-26(28-13-14-29-27)30-37(32,33)23-10-7-21(5)8-11-23/h7-14,17,19-20H,15-16,18H2,1-6H3,(H,28,30). The second-order valence-electron chi connectivity index (χ2n) is 9.18. The fourth-order valence-electron chi connectivity index (χ4n) is 3.85. The Bertz CT molecular complexity index is 1260. The predicted octanol–water partition coefficient (Wildman–Crippen LogP) is 4.67. The lowest BCUT2D eigenvalue weighted by molar-refractivity contribution is 0.140. The predicted molar refractivity (Wildman–Crippen MR) is 144 cm³/mol. The van der Waals surface area contributed by atoms with E-state index < -0.39 is 10.0 Å². The molecular weight excluding hydrogens is 492 g/mol. The molecule has 9 nitrogen and oxygen atoms in total. The van der Waals surface area contributed by atoms with Crippen LogP contribution in [0.1, 0.15) is 38.8 Å². The van der Waals surface area contributed by atoms with Crippen molar-refractivity contribution in [2.24, 2.45) is 0 Å². The van der Waals surface area contributed by atoms with E-state index in [2.05, 4.69) is 47.3 Å². The van der Waals surface area contributed by atoms with E-state index in [4.69, 9.17) is 14.2 Å². The molecule has 0 bridgehead atoms. The zero-order chi connectivity index (χ0) is 27.0. The van der Waals surface area contributed by atoms with Crippen molar-refractivity contribution in [3.8, 4) is 17.4 Å². The molecule has 1 N–H and O–H groups in total. The number of benzene rings is 2. The van der Waals surface area contributed by atoms with Crippen molar-refractivity contribution in [1.29, 1.82) is 0 Å². The van der Waals surface area contributed by atoms with Crippen LogP contribution in [0.25, 0.3) is 0 Å². The molecule has 0 saturated heterocycles. The summed E-state index contributed by atoms with van der Waals surface area (Å²) in [4.78, 5) is 10.8. The molecule has 0 unspecified atom stereocenters. The monoisotopic (exact) mass is 528 g/mol. The van der Waals surface area contributed by atoms with Gasteiger partial charge >= 0.3 is 0 Å². The third kappa shape index (κ3) is 7.80. The van der Waals surface area contributed by atoms with Gasteiger partial charge in [0.25, 0.3) is 15.9 Å². The van der Waals surface area contributed by atoms with Crippen molar-refractivity contribution in [1.82, 2.24) is 14.9 Å². The van der Waals surface area contributed by atoms with E-state index in [1.807, 2.05) is 25.1 Å². The Labute approximate surface area is 219 Å². The van der Waals surface area contributed by atoms with Crippen molar-refractivity contribution in [3.05, 3.63) is 66.0 Å². The minimum atomic E-state index is -3.85. The van der Waals surface area contributed by atoms with E-state index >= 15 is 0 Å². The van der Waals surface area contributed by atoms with E-state index in [1.165, 1.54) is 24.5 Å². The number of ether oxygens (including phenoxy) is 3. The second kappa shape index (κ2) is 12.7. The lowest BCUT2D eigenvalue weighted by atomic mass is 10.2. The molecule has 0 spiro atoms. The van der Waals surface area contributed by atoms with E-state index in [0.29, 0.717) is 30.2 Å². The van der Waals surface area contributed by atoms with E-state index in [1.54, 1.807) is 19.2 Å². The minimum absolute atomic E-state index is 0.00974. The van der Waals surface area contributed by atoms with Gasteiger partial charge in [0.05, 0.1) is 12.0 Å². The molecule has 200 valence electrons. The van der Waals surface area contributed by atoms with Crippen molar-refractivity contribution < 1.29 is 22.6 Å². The molecule has 37 heavy (non-hydrogen) atoms. The highest BCUT2D eigenvalue weighted by Gasteiger charge is 2.19. The number of nitrogens with one attached hydrogen (secondary N) is 1. The lowest BCUT2D eigenvalue weighted by Gasteiger charge is -2.30. The maximum Gasteiger partial charge on any atom is 0.263 e. The molecule has 0 saturated carbocycles. The molecule has 1 aromatic heterocycles. The van der Waals surface area contributed by atoms with Crippen LogP contribution in [-0.2, 0) is 16.6 Å². The van der Waals surface area contributed by atoms with Crippen LogP contribution in [0, 0.1) is 6.92 Å². The van der Waals surface area contributed by atoms with Crippen LogP contribution in [0.4, 0.5) is 5.82 Å². The first-order valence-corrected chi connectivity index (χ1v) is 13.7. The Morgan fingerprint density at radius 2 is 1.59 bits per heavy atom. The van der Waals surface area contributed by atoms with Gasteiger partial charge in [-0.3, -0.25) is 9.62 Å². The lowest BCUT2D eigenvalue weighted by Crippen LogP contribution is -2.39. The van der Waals surface area contributed by atoms with Crippen molar-refractivity contribution >= 4 is 15.8 Å². The highest BCUT2D eigenvalue weighted by Crippen LogP contribution is 2.29. The summed E-state index contributed by atoms with van der Waals surface area (Å²) < 4.78 is 45.5. The fourth-order valence-corrected chi connectivity index (χ4v) is 4.86. The smallest absolute Gasteiger partial charge is 0.263 e. The van der Waals surface area contributed by atoms with E-state index in [-0.39, 0.29) is 23.2 Å². The fraction of sp³-hybridized carbons (Fsp3) is 0.407. The van der Waals surface area contributed by atoms with Crippen LogP contribution in [0.3, 0.4) is 0 Å². The van der Waals surface area contributed by atoms with Gasteiger partial charge < -0.3 is 14.2 Å². The van der Waals surface area contributed by atoms with E-state index in [0.717, 1.165) is 17.7 Å². The maximum absolute atomic E-state index is 12.8. The Hall–Kier alpha value is -3.37. The molecule has 0 radical (unpaired) electrons. The number of anilines is 1. The number of sulfonamides is 1. The number of hydrogen-bond acceptors (Lipinski definition) is 8. The van der Waals surface area contributed by atoms with Gasteiger partial charge in [-0.15, -0.1) is 0 Å². The topological polar surface area (TPSA) is 103 Å². The Morgan fingerprint density at radius 1 is 0.919 bits per heavy atom. The normalized spacial score (nSPS) is 11.7. The van der Waals surface area contributed by atoms with Crippen molar-refractivity contribution in [2.45, 2.75) is 58.2 Å². The van der Waals surface area contributed by atoms with Gasteiger partial charge in [-0.1, -0.05) is 23.8 Å². The molecule has 3 rings (SSSR count). The molecule has 0 atom stereocenters. The molecule has 0 fully saturated rings. The van der Waals surface area contributed by atoms with Crippen molar-refractivity contribution in [3.63, 3.8) is 0 Å². The first kappa shape index (κ1) is 28.2. The van der Waals surface area contributed by atoms with Gasteiger partial charge in [-0.05, 0) is 64.4 Å². The Morgan fingerprint density at radius 3 is 2.24 bits per heavy atom. The van der Waals surface area contributed by atoms with Gasteiger partial charge in [0, 0.05) is 31.0 Å². The van der Waals surface area contributed by atoms with Gasteiger partial charge in [0.1, 0.15) is 13.2 Å². The minimum Gasteiger partial charge on any atom is -0.493 e. The molecule has 3 aromatic rings. The molecule has 0 aliphatic carbocycles. The third-order valence-corrected chi connectivity index (χ3v) is 7.12. The summed E-state index contributed by atoms with van der Waals surface area (Å²) in [5.74, 6) is 1.31. The number of aromatic nitrogens is 2. The molecule has 0 amide bonds. The average Bonchev–Trinajstić information content (AvgIpc) is 2.85. The average molecular weight is 529 g/mol. The van der Waals surface area contributed by atoms with Gasteiger partial charge in [0.15, 0.2) is 11.5 Å². The molecule has 10 heteroatoms. The summed E-state index contributed by atoms with van der Waals surface area (Å²) in [6, 6.07) is 12.9. The molecule has 0 aliphatic heterocycles. The molecule has 2 aromatic carbocycles. The number of hydrogen-bond donors (Lipinski definition) is 1. The summed E-state index contributed by atoms with van der Waals surface area (Å²) in [5.41, 5.74) is 1.76.